The lowest BCUT2D eigenvalue weighted by molar-refractivity contribution is -0.274. The zero-order chi connectivity index (χ0) is 19.2. The van der Waals surface area contributed by atoms with Crippen LogP contribution in [-0.2, 0) is 10.0 Å². The van der Waals surface area contributed by atoms with Crippen molar-refractivity contribution in [3.63, 3.8) is 0 Å². The average Bonchev–Trinajstić information content (AvgIpc) is 2.55. The van der Waals surface area contributed by atoms with Crippen LogP contribution in [0.3, 0.4) is 0 Å². The molecular weight excluding hydrogens is 369 g/mol. The second kappa shape index (κ2) is 9.05. The zero-order valence-corrected chi connectivity index (χ0v) is 15.6. The lowest BCUT2D eigenvalue weighted by Crippen LogP contribution is -2.38. The molecule has 1 atom stereocenters. The molecule has 1 aromatic rings. The number of rotatable bonds is 8. The average molecular weight is 394 g/mol. The first-order valence-corrected chi connectivity index (χ1v) is 10.3. The summed E-state index contributed by atoms with van der Waals surface area (Å²) in [7, 11) is -3.74. The van der Waals surface area contributed by atoms with E-state index in [0.29, 0.717) is 19.0 Å². The highest BCUT2D eigenvalue weighted by molar-refractivity contribution is 7.89. The van der Waals surface area contributed by atoms with E-state index < -0.39 is 22.1 Å². The molecular formula is C17H25F3N2O3S. The highest BCUT2D eigenvalue weighted by Gasteiger charge is 2.31. The number of halogens is 3. The summed E-state index contributed by atoms with van der Waals surface area (Å²) in [6, 6.07) is 4.75. The molecule has 1 fully saturated rings. The molecule has 1 saturated heterocycles. The molecule has 1 aliphatic rings. The molecule has 0 spiro atoms. The van der Waals surface area contributed by atoms with Gasteiger partial charge >= 0.3 is 6.36 Å². The number of likely N-dealkylation sites (tertiary alicyclic amines) is 1. The minimum atomic E-state index is -4.80. The van der Waals surface area contributed by atoms with E-state index in [1.165, 1.54) is 19.3 Å². The summed E-state index contributed by atoms with van der Waals surface area (Å²) in [6.45, 7) is 4.56. The van der Waals surface area contributed by atoms with Crippen molar-refractivity contribution < 1.29 is 26.3 Å². The third kappa shape index (κ3) is 6.77. The van der Waals surface area contributed by atoms with Crippen LogP contribution >= 0.6 is 0 Å². The van der Waals surface area contributed by atoms with Gasteiger partial charge in [-0.1, -0.05) is 6.42 Å². The Morgan fingerprint density at radius 1 is 1.19 bits per heavy atom. The first kappa shape index (κ1) is 21.0. The lowest BCUT2D eigenvalue weighted by atomic mass is 10.0. The van der Waals surface area contributed by atoms with Crippen LogP contribution in [0, 0.1) is 0 Å². The van der Waals surface area contributed by atoms with E-state index in [4.69, 9.17) is 0 Å². The molecule has 0 amide bonds. The van der Waals surface area contributed by atoms with Crippen LogP contribution in [0.1, 0.15) is 39.0 Å². The number of unbranched alkanes of at least 4 members (excludes halogenated alkanes) is 1. The summed E-state index contributed by atoms with van der Waals surface area (Å²) in [5, 5.41) is 0. The van der Waals surface area contributed by atoms with Crippen molar-refractivity contribution in [2.45, 2.75) is 56.3 Å². The van der Waals surface area contributed by atoms with Gasteiger partial charge in [-0.05, 0) is 70.0 Å². The molecule has 0 saturated carbocycles. The number of nitrogens with one attached hydrogen (secondary N) is 1. The van der Waals surface area contributed by atoms with Crippen LogP contribution in [0.5, 0.6) is 5.75 Å². The predicted octanol–water partition coefficient (Wildman–Crippen LogP) is 3.52. The van der Waals surface area contributed by atoms with Gasteiger partial charge in [0.25, 0.3) is 0 Å². The fourth-order valence-corrected chi connectivity index (χ4v) is 4.11. The van der Waals surface area contributed by atoms with Crippen LogP contribution < -0.4 is 9.46 Å². The van der Waals surface area contributed by atoms with Gasteiger partial charge in [0.05, 0.1) is 4.90 Å². The Hall–Kier alpha value is -1.32. The number of alkyl halides is 3. The second-order valence-corrected chi connectivity index (χ2v) is 8.27. The van der Waals surface area contributed by atoms with Gasteiger partial charge in [-0.25, -0.2) is 13.1 Å². The van der Waals surface area contributed by atoms with Gasteiger partial charge in [0.15, 0.2) is 0 Å². The lowest BCUT2D eigenvalue weighted by Gasteiger charge is -2.33. The molecule has 0 aliphatic carbocycles. The fourth-order valence-electron chi connectivity index (χ4n) is 3.04. The monoisotopic (exact) mass is 394 g/mol. The van der Waals surface area contributed by atoms with E-state index in [1.807, 2.05) is 0 Å². The van der Waals surface area contributed by atoms with E-state index >= 15 is 0 Å². The second-order valence-electron chi connectivity index (χ2n) is 6.50. The van der Waals surface area contributed by atoms with E-state index in [9.17, 15) is 21.6 Å². The maximum atomic E-state index is 12.2. The molecule has 1 N–H and O–H groups in total. The topological polar surface area (TPSA) is 58.6 Å². The smallest absolute Gasteiger partial charge is 0.406 e. The molecule has 26 heavy (non-hydrogen) atoms. The Kier molecular flexibility index (Phi) is 7.31. The third-order valence-corrected chi connectivity index (χ3v) is 5.95. The summed E-state index contributed by atoms with van der Waals surface area (Å²) in [5.74, 6) is -0.452. The first-order valence-electron chi connectivity index (χ1n) is 8.77. The molecule has 148 valence electrons. The summed E-state index contributed by atoms with van der Waals surface area (Å²) in [6.07, 6.45) is 0.489. The van der Waals surface area contributed by atoms with Gasteiger partial charge in [0.1, 0.15) is 5.75 Å². The summed E-state index contributed by atoms with van der Waals surface area (Å²) < 4.78 is 66.9. The third-order valence-electron chi connectivity index (χ3n) is 4.47. The Balaban J connectivity index is 1.75. The molecule has 0 unspecified atom stereocenters. The normalized spacial score (nSPS) is 19.5. The van der Waals surface area contributed by atoms with Gasteiger partial charge in [0.2, 0.25) is 10.0 Å². The van der Waals surface area contributed by atoms with E-state index in [2.05, 4.69) is 21.3 Å². The van der Waals surface area contributed by atoms with Gasteiger partial charge in [0, 0.05) is 12.6 Å². The van der Waals surface area contributed by atoms with Gasteiger partial charge in [-0.3, -0.25) is 0 Å². The van der Waals surface area contributed by atoms with E-state index in [1.54, 1.807) is 0 Å². The van der Waals surface area contributed by atoms with Crippen molar-refractivity contribution >= 4 is 10.0 Å². The van der Waals surface area contributed by atoms with Crippen molar-refractivity contribution in [1.82, 2.24) is 9.62 Å². The Morgan fingerprint density at radius 2 is 1.88 bits per heavy atom. The highest BCUT2D eigenvalue weighted by atomic mass is 32.2. The molecule has 5 nitrogen and oxygen atoms in total. The van der Waals surface area contributed by atoms with Gasteiger partial charge in [-0.2, -0.15) is 0 Å². The number of piperidine rings is 1. The van der Waals surface area contributed by atoms with Gasteiger partial charge < -0.3 is 9.64 Å². The van der Waals surface area contributed by atoms with Crippen LogP contribution in [0.15, 0.2) is 29.2 Å². The van der Waals surface area contributed by atoms with Crippen LogP contribution in [0.4, 0.5) is 13.2 Å². The van der Waals surface area contributed by atoms with Crippen LogP contribution in [0.2, 0.25) is 0 Å². The maximum absolute atomic E-state index is 12.2. The van der Waals surface area contributed by atoms with Crippen molar-refractivity contribution in [1.29, 1.82) is 0 Å². The van der Waals surface area contributed by atoms with Crippen molar-refractivity contribution in [2.75, 3.05) is 19.6 Å². The standard InChI is InChI=1S/C17H25F3N2O3S/c1-14-6-2-4-12-22(14)13-5-3-11-21-26(23,24)16-9-7-15(8-10-16)25-17(18,19)20/h7-10,14,21H,2-6,11-13H2,1H3/t14-/m0/s1. The molecule has 0 bridgehead atoms. The largest absolute Gasteiger partial charge is 0.573 e. The molecule has 0 radical (unpaired) electrons. The molecule has 9 heteroatoms. The fraction of sp³-hybridized carbons (Fsp3) is 0.647. The minimum Gasteiger partial charge on any atom is -0.406 e. The first-order chi connectivity index (χ1) is 12.2. The maximum Gasteiger partial charge on any atom is 0.573 e. The van der Waals surface area contributed by atoms with E-state index in [0.717, 1.165) is 43.8 Å². The number of hydrogen-bond donors (Lipinski definition) is 1. The molecule has 2 rings (SSSR count). The molecule has 1 aromatic carbocycles. The van der Waals surface area contributed by atoms with Crippen molar-refractivity contribution in [3.8, 4) is 5.75 Å². The number of ether oxygens (including phenoxy) is 1. The van der Waals surface area contributed by atoms with Crippen LogP contribution in [0.25, 0.3) is 0 Å². The van der Waals surface area contributed by atoms with Gasteiger partial charge in [-0.15, -0.1) is 13.2 Å². The molecule has 0 aromatic heterocycles. The predicted molar refractivity (Wildman–Crippen MR) is 92.4 cm³/mol. The van der Waals surface area contributed by atoms with Crippen molar-refractivity contribution in [3.05, 3.63) is 24.3 Å². The van der Waals surface area contributed by atoms with Crippen LogP contribution in [-0.4, -0.2) is 45.4 Å². The number of benzene rings is 1. The Labute approximate surface area is 152 Å². The number of hydrogen-bond acceptors (Lipinski definition) is 4. The highest BCUT2D eigenvalue weighted by Crippen LogP contribution is 2.23. The Morgan fingerprint density at radius 3 is 2.50 bits per heavy atom. The Bertz CT molecular complexity index is 663. The number of sulfonamides is 1. The van der Waals surface area contributed by atoms with E-state index in [-0.39, 0.29) is 4.90 Å². The molecule has 1 heterocycles. The molecule has 1 aliphatic heterocycles. The summed E-state index contributed by atoms with van der Waals surface area (Å²) >= 11 is 0. The zero-order valence-electron chi connectivity index (χ0n) is 14.8. The van der Waals surface area contributed by atoms with Crippen molar-refractivity contribution in [2.24, 2.45) is 0 Å². The number of nitrogens with zero attached hydrogens (tertiary/aromatic N) is 1. The summed E-state index contributed by atoms with van der Waals surface area (Å²) in [4.78, 5) is 2.34. The SMILES string of the molecule is C[C@H]1CCCCN1CCCCNS(=O)(=O)c1ccc(OC(F)(F)F)cc1. The summed E-state index contributed by atoms with van der Waals surface area (Å²) in [5.41, 5.74) is 0. The minimum absolute atomic E-state index is 0.0864. The quantitative estimate of drug-likeness (QED) is 0.686.